The van der Waals surface area contributed by atoms with Gasteiger partial charge in [0, 0.05) is 0 Å². The Balaban J connectivity index is 2.81. The predicted molar refractivity (Wildman–Crippen MR) is 45.9 cm³/mol. The average Bonchev–Trinajstić information content (AvgIpc) is 1.96. The normalized spacial score (nSPS) is 23.7. The molecule has 0 fully saturated rings. The van der Waals surface area contributed by atoms with Gasteiger partial charge in [0.05, 0.1) is 0 Å². The molecule has 0 saturated heterocycles. The molecule has 0 aliphatic heterocycles. The Morgan fingerprint density at radius 3 is 2.70 bits per heavy atom. The van der Waals surface area contributed by atoms with E-state index in [4.69, 9.17) is 0 Å². The molecule has 1 aliphatic carbocycles. The lowest BCUT2D eigenvalue weighted by Gasteiger charge is -2.22. The van der Waals surface area contributed by atoms with E-state index in [1.165, 1.54) is 12.0 Å². The maximum atomic E-state index is 2.32. The van der Waals surface area contributed by atoms with Gasteiger partial charge in [0.2, 0.25) is 0 Å². The third-order valence-electron chi connectivity index (χ3n) is 2.42. The van der Waals surface area contributed by atoms with E-state index in [1.54, 1.807) is 0 Å². The summed E-state index contributed by atoms with van der Waals surface area (Å²) in [4.78, 5) is 0. The average molecular weight is 136 g/mol. The van der Waals surface area contributed by atoms with Gasteiger partial charge in [-0.1, -0.05) is 37.6 Å². The Labute approximate surface area is 63.6 Å². The largest absolute Gasteiger partial charge is 0.0874 e. The van der Waals surface area contributed by atoms with Gasteiger partial charge in [-0.05, 0) is 25.2 Å². The van der Waals surface area contributed by atoms with Crippen LogP contribution in [-0.2, 0) is 0 Å². The fourth-order valence-electron chi connectivity index (χ4n) is 1.16. The standard InChI is InChI=1S/C10H16/c1-9-7-5-4-6-8-10(9,2)3/h4,6-7H,5,8H2,1-3H3. The highest BCUT2D eigenvalue weighted by Crippen LogP contribution is 2.32. The molecular formula is C10H16. The maximum absolute atomic E-state index is 2.32. The van der Waals surface area contributed by atoms with Crippen LogP contribution in [-0.4, -0.2) is 0 Å². The molecule has 10 heavy (non-hydrogen) atoms. The summed E-state index contributed by atoms with van der Waals surface area (Å²) in [5, 5.41) is 0. The monoisotopic (exact) mass is 136 g/mol. The number of allylic oxidation sites excluding steroid dienone is 4. The van der Waals surface area contributed by atoms with Crippen molar-refractivity contribution in [2.24, 2.45) is 5.41 Å². The third-order valence-corrected chi connectivity index (χ3v) is 2.42. The van der Waals surface area contributed by atoms with Gasteiger partial charge in [-0.2, -0.15) is 0 Å². The highest BCUT2D eigenvalue weighted by molar-refractivity contribution is 5.15. The van der Waals surface area contributed by atoms with Crippen LogP contribution in [0.2, 0.25) is 0 Å². The molecule has 0 saturated carbocycles. The Morgan fingerprint density at radius 2 is 2.00 bits per heavy atom. The van der Waals surface area contributed by atoms with Gasteiger partial charge in [-0.15, -0.1) is 0 Å². The molecule has 1 rings (SSSR count). The molecule has 1 aliphatic rings. The molecule has 0 heterocycles. The van der Waals surface area contributed by atoms with Crippen molar-refractivity contribution in [2.45, 2.75) is 33.6 Å². The van der Waals surface area contributed by atoms with E-state index in [2.05, 4.69) is 39.0 Å². The Hall–Kier alpha value is -0.520. The maximum Gasteiger partial charge on any atom is -0.0113 e. The van der Waals surface area contributed by atoms with Crippen molar-refractivity contribution in [1.29, 1.82) is 0 Å². The van der Waals surface area contributed by atoms with Crippen LogP contribution < -0.4 is 0 Å². The third kappa shape index (κ3) is 1.50. The summed E-state index contributed by atoms with van der Waals surface area (Å²) in [5.74, 6) is 0. The molecule has 0 heteroatoms. The molecule has 0 aromatic heterocycles. The molecule has 0 radical (unpaired) electrons. The second-order valence-electron chi connectivity index (χ2n) is 3.68. The first-order valence-corrected chi connectivity index (χ1v) is 3.95. The number of rotatable bonds is 0. The van der Waals surface area contributed by atoms with E-state index in [0.717, 1.165) is 6.42 Å². The topological polar surface area (TPSA) is 0 Å². The minimum absolute atomic E-state index is 0.396. The van der Waals surface area contributed by atoms with Crippen LogP contribution in [0.15, 0.2) is 23.8 Å². The Bertz CT molecular complexity index is 170. The van der Waals surface area contributed by atoms with Crippen molar-refractivity contribution >= 4 is 0 Å². The van der Waals surface area contributed by atoms with Crippen LogP contribution in [0.25, 0.3) is 0 Å². The molecule has 0 aromatic rings. The zero-order valence-electron chi connectivity index (χ0n) is 7.15. The van der Waals surface area contributed by atoms with E-state index in [1.807, 2.05) is 0 Å². The molecule has 56 valence electrons. The first-order valence-electron chi connectivity index (χ1n) is 3.95. The second kappa shape index (κ2) is 2.61. The number of hydrogen-bond acceptors (Lipinski definition) is 0. The number of hydrogen-bond donors (Lipinski definition) is 0. The Morgan fingerprint density at radius 1 is 1.30 bits per heavy atom. The zero-order valence-corrected chi connectivity index (χ0v) is 7.15. The Kier molecular flexibility index (Phi) is 1.98. The van der Waals surface area contributed by atoms with Crippen molar-refractivity contribution < 1.29 is 0 Å². The van der Waals surface area contributed by atoms with Crippen molar-refractivity contribution in [3.8, 4) is 0 Å². The minimum atomic E-state index is 0.396. The highest BCUT2D eigenvalue weighted by atomic mass is 14.2. The van der Waals surface area contributed by atoms with Gasteiger partial charge in [0.25, 0.3) is 0 Å². The summed E-state index contributed by atoms with van der Waals surface area (Å²) in [6, 6.07) is 0. The van der Waals surface area contributed by atoms with Crippen molar-refractivity contribution in [1.82, 2.24) is 0 Å². The molecule has 0 spiro atoms. The smallest absolute Gasteiger partial charge is 0.0113 e. The summed E-state index contributed by atoms with van der Waals surface area (Å²) >= 11 is 0. The molecular weight excluding hydrogens is 120 g/mol. The van der Waals surface area contributed by atoms with Crippen LogP contribution in [0, 0.1) is 5.41 Å². The van der Waals surface area contributed by atoms with Gasteiger partial charge < -0.3 is 0 Å². The van der Waals surface area contributed by atoms with Crippen LogP contribution in [0.4, 0.5) is 0 Å². The SMILES string of the molecule is CC1=CCC=CCC1(C)C. The highest BCUT2D eigenvalue weighted by Gasteiger charge is 2.18. The molecule has 0 atom stereocenters. The van der Waals surface area contributed by atoms with E-state index >= 15 is 0 Å². The van der Waals surface area contributed by atoms with Crippen LogP contribution in [0.3, 0.4) is 0 Å². The summed E-state index contributed by atoms with van der Waals surface area (Å²) in [7, 11) is 0. The minimum Gasteiger partial charge on any atom is -0.0874 e. The summed E-state index contributed by atoms with van der Waals surface area (Å²) in [6.45, 7) is 6.83. The van der Waals surface area contributed by atoms with Gasteiger partial charge in [-0.25, -0.2) is 0 Å². The van der Waals surface area contributed by atoms with Gasteiger partial charge in [0.1, 0.15) is 0 Å². The molecule has 0 unspecified atom stereocenters. The van der Waals surface area contributed by atoms with Gasteiger partial charge in [-0.3, -0.25) is 0 Å². The van der Waals surface area contributed by atoms with Crippen molar-refractivity contribution in [3.63, 3.8) is 0 Å². The lowest BCUT2D eigenvalue weighted by atomic mass is 9.82. The van der Waals surface area contributed by atoms with Gasteiger partial charge >= 0.3 is 0 Å². The second-order valence-corrected chi connectivity index (χ2v) is 3.68. The van der Waals surface area contributed by atoms with E-state index < -0.39 is 0 Å². The predicted octanol–water partition coefficient (Wildman–Crippen LogP) is 3.31. The van der Waals surface area contributed by atoms with E-state index in [0.29, 0.717) is 5.41 Å². The fraction of sp³-hybridized carbons (Fsp3) is 0.600. The van der Waals surface area contributed by atoms with E-state index in [9.17, 15) is 0 Å². The molecule has 0 nitrogen and oxygen atoms in total. The molecule has 0 aromatic carbocycles. The fourth-order valence-corrected chi connectivity index (χ4v) is 1.16. The quantitative estimate of drug-likeness (QED) is 0.448. The first-order chi connectivity index (χ1) is 4.63. The van der Waals surface area contributed by atoms with Gasteiger partial charge in [0.15, 0.2) is 0 Å². The van der Waals surface area contributed by atoms with Crippen LogP contribution >= 0.6 is 0 Å². The summed E-state index contributed by atoms with van der Waals surface area (Å²) < 4.78 is 0. The van der Waals surface area contributed by atoms with Crippen LogP contribution in [0.5, 0.6) is 0 Å². The van der Waals surface area contributed by atoms with Crippen LogP contribution in [0.1, 0.15) is 33.6 Å². The summed E-state index contributed by atoms with van der Waals surface area (Å²) in [6.07, 6.45) is 9.17. The van der Waals surface area contributed by atoms with Crippen molar-refractivity contribution in [3.05, 3.63) is 23.8 Å². The first kappa shape index (κ1) is 7.59. The lowest BCUT2D eigenvalue weighted by molar-refractivity contribution is 0.455. The van der Waals surface area contributed by atoms with Crippen molar-refractivity contribution in [2.75, 3.05) is 0 Å². The van der Waals surface area contributed by atoms with E-state index in [-0.39, 0.29) is 0 Å². The lowest BCUT2D eigenvalue weighted by Crippen LogP contribution is -2.10. The summed E-state index contributed by atoms with van der Waals surface area (Å²) in [5.41, 5.74) is 1.92. The molecule has 0 bridgehead atoms. The molecule has 0 N–H and O–H groups in total. The zero-order chi connectivity index (χ0) is 7.61. The molecule has 0 amide bonds.